The Bertz CT molecular complexity index is 2710. The summed E-state index contributed by atoms with van der Waals surface area (Å²) >= 11 is 0. The number of aromatic nitrogens is 3. The average Bonchev–Trinajstić information content (AvgIpc) is 3.86. The smallest absolute Gasteiger partial charge is 0.248 e. The van der Waals surface area contributed by atoms with E-state index < -0.39 is 5.41 Å². The number of nitrogens with zero attached hydrogens (tertiary/aromatic N) is 3. The Balaban J connectivity index is 1.21. The van der Waals surface area contributed by atoms with Crippen molar-refractivity contribution in [2.75, 3.05) is 0 Å². The van der Waals surface area contributed by atoms with Gasteiger partial charge in [0.05, 0.1) is 16.4 Å². The lowest BCUT2D eigenvalue weighted by atomic mass is 9.65. The maximum atomic E-state index is 6.17. The molecule has 0 bridgehead atoms. The molecule has 0 aliphatic heterocycles. The maximum Gasteiger partial charge on any atom is 0.248 e. The molecule has 4 heteroatoms. The third-order valence-corrected chi connectivity index (χ3v) is 11.5. The lowest BCUT2D eigenvalue weighted by Crippen LogP contribution is -2.31. The molecule has 2 heterocycles. The maximum absolute atomic E-state index is 6.17. The van der Waals surface area contributed by atoms with Crippen LogP contribution in [0.15, 0.2) is 180 Å². The van der Waals surface area contributed by atoms with E-state index in [-0.39, 0.29) is 10.8 Å². The van der Waals surface area contributed by atoms with Gasteiger partial charge in [-0.05, 0) is 105 Å². The van der Waals surface area contributed by atoms with Gasteiger partial charge in [0.2, 0.25) is 11.8 Å². The Labute approximate surface area is 335 Å². The van der Waals surface area contributed by atoms with E-state index in [1.807, 2.05) is 30.3 Å². The summed E-state index contributed by atoms with van der Waals surface area (Å²) in [6.45, 7) is 13.7. The molecule has 0 radical (unpaired) electrons. The summed E-state index contributed by atoms with van der Waals surface area (Å²) in [7, 11) is 0. The number of hydrogen-bond donors (Lipinski definition) is 0. The number of hydrogen-bond acceptors (Lipinski definition) is 3. The molecule has 0 fully saturated rings. The van der Waals surface area contributed by atoms with Crippen molar-refractivity contribution in [2.24, 2.45) is 0 Å². The minimum absolute atomic E-state index is 0.0404. The van der Waals surface area contributed by atoms with Crippen molar-refractivity contribution in [3.8, 4) is 28.6 Å². The third kappa shape index (κ3) is 6.36. The highest BCUT2D eigenvalue weighted by Crippen LogP contribution is 2.46. The lowest BCUT2D eigenvalue weighted by molar-refractivity contribution is 0.584. The van der Waals surface area contributed by atoms with Crippen LogP contribution in [0.1, 0.15) is 74.9 Å². The molecule has 57 heavy (non-hydrogen) atoms. The minimum Gasteiger partial charge on any atom is -0.416 e. The van der Waals surface area contributed by atoms with Crippen molar-refractivity contribution in [3.63, 3.8) is 0 Å². The molecular formula is C53H47N3O. The predicted octanol–water partition coefficient (Wildman–Crippen LogP) is 13.5. The highest BCUT2D eigenvalue weighted by atomic mass is 16.4. The van der Waals surface area contributed by atoms with Crippen molar-refractivity contribution >= 4 is 21.8 Å². The van der Waals surface area contributed by atoms with Gasteiger partial charge in [0, 0.05) is 27.6 Å². The standard InChI is InChI=1S/C53H47N3O/c1-51(2,3)42-28-32-47-45(34-42)46-35-43(52(4,5)6)29-33-48(46)56(47)44-30-26-41(27-31-44)53(38-18-12-8-13-19-38,39-20-14-9-15-21-39)40-24-22-37(23-25-40)50-55-54-49(57-50)36-16-10-7-11-17-36/h7-35H,1-6H3. The van der Waals surface area contributed by atoms with Crippen LogP contribution in [-0.2, 0) is 16.2 Å². The van der Waals surface area contributed by atoms with Crippen LogP contribution in [0.5, 0.6) is 0 Å². The summed E-state index contributed by atoms with van der Waals surface area (Å²) in [5.41, 5.74) is 12.1. The molecule has 0 saturated carbocycles. The highest BCUT2D eigenvalue weighted by molar-refractivity contribution is 6.10. The van der Waals surface area contributed by atoms with Gasteiger partial charge in [0.1, 0.15) is 0 Å². The van der Waals surface area contributed by atoms with E-state index in [1.165, 1.54) is 49.6 Å². The number of benzene rings is 7. The first-order chi connectivity index (χ1) is 27.5. The Hall–Kier alpha value is -6.52. The zero-order valence-corrected chi connectivity index (χ0v) is 33.5. The van der Waals surface area contributed by atoms with Crippen LogP contribution in [0.25, 0.3) is 50.4 Å². The monoisotopic (exact) mass is 741 g/mol. The molecule has 0 amide bonds. The second kappa shape index (κ2) is 13.9. The van der Waals surface area contributed by atoms with Gasteiger partial charge in [-0.25, -0.2) is 0 Å². The second-order valence-electron chi connectivity index (χ2n) is 17.2. The van der Waals surface area contributed by atoms with Gasteiger partial charge in [0.25, 0.3) is 0 Å². The summed E-state index contributed by atoms with van der Waals surface area (Å²) in [6.07, 6.45) is 0. The van der Waals surface area contributed by atoms with E-state index in [1.54, 1.807) is 0 Å². The van der Waals surface area contributed by atoms with Crippen LogP contribution in [0.4, 0.5) is 0 Å². The molecule has 2 aromatic heterocycles. The molecule has 0 saturated heterocycles. The topological polar surface area (TPSA) is 43.9 Å². The summed E-state index contributed by atoms with van der Waals surface area (Å²) in [4.78, 5) is 0. The number of fused-ring (bicyclic) bond motifs is 3. The molecule has 0 aliphatic rings. The summed E-state index contributed by atoms with van der Waals surface area (Å²) in [5.74, 6) is 0.996. The first-order valence-corrected chi connectivity index (χ1v) is 19.8. The molecule has 0 N–H and O–H groups in total. The fraction of sp³-hybridized carbons (Fsp3) is 0.170. The quantitative estimate of drug-likeness (QED) is 0.153. The molecule has 0 unspecified atom stereocenters. The molecule has 0 spiro atoms. The number of rotatable bonds is 7. The van der Waals surface area contributed by atoms with Crippen LogP contribution in [0.3, 0.4) is 0 Å². The Morgan fingerprint density at radius 1 is 0.386 bits per heavy atom. The van der Waals surface area contributed by atoms with E-state index in [0.29, 0.717) is 11.8 Å². The van der Waals surface area contributed by atoms with E-state index in [2.05, 4.69) is 202 Å². The van der Waals surface area contributed by atoms with E-state index in [4.69, 9.17) is 4.42 Å². The van der Waals surface area contributed by atoms with Gasteiger partial charge in [0.15, 0.2) is 0 Å². The van der Waals surface area contributed by atoms with Crippen LogP contribution in [-0.4, -0.2) is 14.8 Å². The zero-order valence-electron chi connectivity index (χ0n) is 33.5. The average molecular weight is 742 g/mol. The van der Waals surface area contributed by atoms with Crippen LogP contribution in [0, 0.1) is 0 Å². The van der Waals surface area contributed by atoms with Gasteiger partial charge in [-0.2, -0.15) is 0 Å². The normalized spacial score (nSPS) is 12.4. The molecule has 4 nitrogen and oxygen atoms in total. The molecule has 7 aromatic carbocycles. The summed E-state index contributed by atoms with van der Waals surface area (Å²) in [5, 5.41) is 11.3. The van der Waals surface area contributed by atoms with E-state index in [0.717, 1.165) is 22.4 Å². The predicted molar refractivity (Wildman–Crippen MR) is 235 cm³/mol. The van der Waals surface area contributed by atoms with Crippen LogP contribution < -0.4 is 0 Å². The zero-order chi connectivity index (χ0) is 39.4. The van der Waals surface area contributed by atoms with Gasteiger partial charge in [-0.1, -0.05) is 157 Å². The fourth-order valence-corrected chi connectivity index (χ4v) is 8.37. The van der Waals surface area contributed by atoms with Gasteiger partial charge >= 0.3 is 0 Å². The Kier molecular flexibility index (Phi) is 8.81. The van der Waals surface area contributed by atoms with Gasteiger partial charge in [-0.3, -0.25) is 0 Å². The van der Waals surface area contributed by atoms with Crippen molar-refractivity contribution in [3.05, 3.63) is 209 Å². The molecule has 280 valence electrons. The SMILES string of the molecule is CC(C)(C)c1ccc2c(c1)c1cc(C(C)(C)C)ccc1n2-c1ccc(C(c2ccccc2)(c2ccccc2)c2ccc(-c3nnc(-c4ccccc4)o3)cc2)cc1. The van der Waals surface area contributed by atoms with Gasteiger partial charge < -0.3 is 8.98 Å². The first kappa shape index (κ1) is 36.1. The van der Waals surface area contributed by atoms with E-state index >= 15 is 0 Å². The van der Waals surface area contributed by atoms with Crippen molar-refractivity contribution in [2.45, 2.75) is 57.8 Å². The largest absolute Gasteiger partial charge is 0.416 e. The lowest BCUT2D eigenvalue weighted by Gasteiger charge is -2.37. The molecule has 9 aromatic rings. The first-order valence-electron chi connectivity index (χ1n) is 19.8. The molecule has 9 rings (SSSR count). The van der Waals surface area contributed by atoms with Crippen molar-refractivity contribution in [1.29, 1.82) is 0 Å². The van der Waals surface area contributed by atoms with Crippen LogP contribution >= 0.6 is 0 Å². The summed E-state index contributed by atoms with van der Waals surface area (Å²) < 4.78 is 8.60. The minimum atomic E-state index is -0.617. The fourth-order valence-electron chi connectivity index (χ4n) is 8.37. The third-order valence-electron chi connectivity index (χ3n) is 11.5. The van der Waals surface area contributed by atoms with E-state index in [9.17, 15) is 0 Å². The Morgan fingerprint density at radius 2 is 0.754 bits per heavy atom. The highest BCUT2D eigenvalue weighted by Gasteiger charge is 2.38. The van der Waals surface area contributed by atoms with Crippen LogP contribution in [0.2, 0.25) is 0 Å². The Morgan fingerprint density at radius 3 is 1.19 bits per heavy atom. The molecule has 0 atom stereocenters. The van der Waals surface area contributed by atoms with Gasteiger partial charge in [-0.15, -0.1) is 10.2 Å². The molecular weight excluding hydrogens is 695 g/mol. The second-order valence-corrected chi connectivity index (χ2v) is 17.2. The van der Waals surface area contributed by atoms with Crippen molar-refractivity contribution < 1.29 is 4.42 Å². The summed E-state index contributed by atoms with van der Waals surface area (Å²) in [6, 6.07) is 63.4. The van der Waals surface area contributed by atoms with Crippen molar-refractivity contribution in [1.82, 2.24) is 14.8 Å². The molecule has 0 aliphatic carbocycles.